The van der Waals surface area contributed by atoms with Crippen molar-refractivity contribution in [3.63, 3.8) is 0 Å². The van der Waals surface area contributed by atoms with E-state index in [0.717, 1.165) is 18.7 Å². The number of hydrogen-bond donors (Lipinski definition) is 0. The van der Waals surface area contributed by atoms with Gasteiger partial charge in [0.1, 0.15) is 0 Å². The number of benzene rings is 3. The average Bonchev–Trinajstić information content (AvgIpc) is 3.65. The van der Waals surface area contributed by atoms with Crippen LogP contribution in [-0.4, -0.2) is 62.9 Å². The van der Waals surface area contributed by atoms with Gasteiger partial charge in [0, 0.05) is 72.0 Å². The predicted molar refractivity (Wildman–Crippen MR) is 252 cm³/mol. The van der Waals surface area contributed by atoms with E-state index in [2.05, 4.69) is 106 Å². The molecule has 0 amide bonds. The van der Waals surface area contributed by atoms with E-state index in [-0.39, 0.29) is 7.92 Å². The Morgan fingerprint density at radius 1 is 0.571 bits per heavy atom. The van der Waals surface area contributed by atoms with E-state index in [1.54, 1.807) is 96.3 Å². The fraction of sp³-hybridized carbons (Fsp3) is 0.583. The third kappa shape index (κ3) is 12.9. The van der Waals surface area contributed by atoms with Crippen molar-refractivity contribution < 1.29 is 13.5 Å². The van der Waals surface area contributed by atoms with Gasteiger partial charge in [-0.3, -0.25) is 0 Å². The van der Waals surface area contributed by atoms with Gasteiger partial charge in [0.2, 0.25) is 0 Å². The maximum atomic E-state index is 5.67. The van der Waals surface area contributed by atoms with Crippen LogP contribution < -0.4 is 19.6 Å². The van der Waals surface area contributed by atoms with Crippen molar-refractivity contribution in [3.8, 4) is 0 Å². The second kappa shape index (κ2) is 22.7. The molecule has 0 radical (unpaired) electrons. The molecule has 312 valence electrons. The molecule has 0 unspecified atom stereocenters. The zero-order valence-electron chi connectivity index (χ0n) is 36.0. The molecule has 3 aliphatic carbocycles. The first-order chi connectivity index (χ1) is 26.9. The standard InChI is InChI=1S/C23H33N4.C18H33P.C7H6.2ClH.Ru/c1-16-11-20(24(5)6)12-17(2)22(16)26-9-10-27(15-26)23-18(3)13-21(25(7)8)14-19(23)4;1-4-10-16(11-5-1)19(17-12-6-2-7-13-17)18-14-8-3-9-15-18;1-7-5-3-2-4-6-7;;;/h11-15H,9-10H2,1-8H3;16-18H,1-15H2;1-6H;2*1H;/q-1;;;;;+2/p-1. The van der Waals surface area contributed by atoms with Crippen molar-refractivity contribution in [1.82, 2.24) is 0 Å². The molecule has 0 aromatic heterocycles. The molecule has 4 aliphatic rings. The molecule has 56 heavy (non-hydrogen) atoms. The first-order valence-corrected chi connectivity index (χ1v) is 28.8. The zero-order chi connectivity index (χ0) is 40.2. The van der Waals surface area contributed by atoms with Crippen LogP contribution in [0.2, 0.25) is 0 Å². The van der Waals surface area contributed by atoms with E-state index in [0.29, 0.717) is 0 Å². The first-order valence-electron chi connectivity index (χ1n) is 21.6. The monoisotopic (exact) mass is 908 g/mol. The molecular formula is C48H73Cl2N4PRu. The van der Waals surface area contributed by atoms with E-state index >= 15 is 0 Å². The van der Waals surface area contributed by atoms with Crippen molar-refractivity contribution in [2.45, 2.75) is 141 Å². The second-order valence-electron chi connectivity index (χ2n) is 17.4. The summed E-state index contributed by atoms with van der Waals surface area (Å²) in [5, 5.41) is 0. The summed E-state index contributed by atoms with van der Waals surface area (Å²) in [6.45, 7) is 13.2. The van der Waals surface area contributed by atoms with Gasteiger partial charge < -0.3 is 19.6 Å². The summed E-state index contributed by atoms with van der Waals surface area (Å²) in [4.78, 5) is 9.15. The van der Waals surface area contributed by atoms with E-state index in [1.807, 2.05) is 34.9 Å². The summed E-state index contributed by atoms with van der Waals surface area (Å²) in [6, 6.07) is 19.0. The zero-order valence-corrected chi connectivity index (χ0v) is 40.3. The van der Waals surface area contributed by atoms with E-state index in [4.69, 9.17) is 19.4 Å². The van der Waals surface area contributed by atoms with Crippen molar-refractivity contribution in [1.29, 1.82) is 0 Å². The molecule has 1 heterocycles. The summed E-state index contributed by atoms with van der Waals surface area (Å²) < 4.78 is 1.92. The summed E-state index contributed by atoms with van der Waals surface area (Å²) in [6.07, 6.45) is 23.8. The molecule has 3 aromatic carbocycles. The molecule has 4 nitrogen and oxygen atoms in total. The molecule has 4 fully saturated rings. The number of rotatable bonds is 8. The molecule has 3 saturated carbocycles. The van der Waals surface area contributed by atoms with Crippen molar-refractivity contribution >= 4 is 54.7 Å². The van der Waals surface area contributed by atoms with E-state index in [1.165, 1.54) is 62.0 Å². The van der Waals surface area contributed by atoms with E-state index < -0.39 is 13.5 Å². The number of anilines is 4. The number of hydrogen-bond acceptors (Lipinski definition) is 4. The van der Waals surface area contributed by atoms with Gasteiger partial charge in [-0.2, -0.15) is 6.67 Å². The minimum absolute atomic E-state index is 0.0465. The average molecular weight is 909 g/mol. The minimum atomic E-state index is -1.61. The van der Waals surface area contributed by atoms with Gasteiger partial charge in [-0.25, -0.2) is 0 Å². The van der Waals surface area contributed by atoms with Crippen LogP contribution in [0.25, 0.3) is 0 Å². The molecule has 1 aliphatic heterocycles. The van der Waals surface area contributed by atoms with Crippen LogP contribution in [0.4, 0.5) is 22.7 Å². The van der Waals surface area contributed by atoms with Crippen LogP contribution in [0.3, 0.4) is 0 Å². The van der Waals surface area contributed by atoms with Gasteiger partial charge in [0.15, 0.2) is 0 Å². The van der Waals surface area contributed by atoms with Gasteiger partial charge in [-0.15, -0.1) is 0 Å². The Balaban J connectivity index is 0.000000178. The molecule has 1 saturated heterocycles. The van der Waals surface area contributed by atoms with E-state index in [9.17, 15) is 0 Å². The SMILES string of the molecule is C1CCC([PH+](C2CCCCC2)C2CCCCC2)CC1.Cc1cc(N(C)C)cc(C)c1N1[CH-]N(c2c(C)cc(N(C)C)cc2C)CC1.[Cl][Ru]([Cl])=[CH]c1ccccc1. The molecule has 0 N–H and O–H groups in total. The summed E-state index contributed by atoms with van der Waals surface area (Å²) >= 11 is -1.61. The summed E-state index contributed by atoms with van der Waals surface area (Å²) in [5.74, 6) is 0. The normalized spacial score (nSPS) is 18.5. The molecule has 8 heteroatoms. The molecule has 3 aromatic rings. The fourth-order valence-electron chi connectivity index (χ4n) is 10.0. The summed E-state index contributed by atoms with van der Waals surface area (Å²) in [5.41, 5.74) is 15.3. The molecule has 7 rings (SSSR count). The number of nitrogens with zero attached hydrogens (tertiary/aromatic N) is 4. The van der Waals surface area contributed by atoms with Crippen LogP contribution in [0.5, 0.6) is 0 Å². The van der Waals surface area contributed by atoms with Gasteiger partial charge in [-0.1, -0.05) is 19.3 Å². The Morgan fingerprint density at radius 3 is 1.21 bits per heavy atom. The van der Waals surface area contributed by atoms with Crippen molar-refractivity contribution in [2.24, 2.45) is 0 Å². The first kappa shape index (κ1) is 45.4. The second-order valence-corrected chi connectivity index (χ2v) is 26.5. The van der Waals surface area contributed by atoms with Crippen molar-refractivity contribution in [3.05, 3.63) is 89.1 Å². The number of halogens is 2. The van der Waals surface area contributed by atoms with Gasteiger partial charge in [0.25, 0.3) is 0 Å². The summed E-state index contributed by atoms with van der Waals surface area (Å²) in [7, 11) is 19.7. The van der Waals surface area contributed by atoms with Gasteiger partial charge >= 0.3 is 73.4 Å². The molecule has 0 atom stereocenters. The van der Waals surface area contributed by atoms with Gasteiger partial charge in [0.05, 0.1) is 17.0 Å². The van der Waals surface area contributed by atoms with Gasteiger partial charge in [-0.05, 0) is 151 Å². The van der Waals surface area contributed by atoms with Crippen LogP contribution in [0.1, 0.15) is 124 Å². The molecule has 0 spiro atoms. The Hall–Kier alpha value is -1.64. The Morgan fingerprint density at radius 2 is 0.911 bits per heavy atom. The maximum absolute atomic E-state index is 5.67. The quantitative estimate of drug-likeness (QED) is 0.127. The number of aryl methyl sites for hydroxylation is 4. The van der Waals surface area contributed by atoms with Crippen LogP contribution >= 0.6 is 27.3 Å². The fourth-order valence-corrected chi connectivity index (χ4v) is 17.1. The Labute approximate surface area is 357 Å². The van der Waals surface area contributed by atoms with Crippen LogP contribution in [-0.2, 0) is 13.5 Å². The van der Waals surface area contributed by atoms with Crippen LogP contribution in [0, 0.1) is 34.4 Å². The molecule has 0 bridgehead atoms. The predicted octanol–water partition coefficient (Wildman–Crippen LogP) is 13.5. The Kier molecular flexibility index (Phi) is 18.4. The van der Waals surface area contributed by atoms with Crippen LogP contribution in [0.15, 0.2) is 54.6 Å². The molecular weight excluding hydrogens is 836 g/mol. The topological polar surface area (TPSA) is 13.0 Å². The third-order valence-corrected chi connectivity index (χ3v) is 19.1. The third-order valence-electron chi connectivity index (χ3n) is 12.6. The Bertz CT molecular complexity index is 1520. The van der Waals surface area contributed by atoms with Crippen molar-refractivity contribution in [2.75, 3.05) is 60.9 Å².